The van der Waals surface area contributed by atoms with E-state index in [2.05, 4.69) is 4.98 Å². The summed E-state index contributed by atoms with van der Waals surface area (Å²) in [6, 6.07) is 7.99. The third kappa shape index (κ3) is 2.18. The Balaban J connectivity index is 2.11. The Hall–Kier alpha value is -2.20. The Morgan fingerprint density at radius 1 is 1.35 bits per heavy atom. The van der Waals surface area contributed by atoms with Gasteiger partial charge in [0.2, 0.25) is 0 Å². The molecule has 0 aliphatic rings. The van der Waals surface area contributed by atoms with Gasteiger partial charge < -0.3 is 4.57 Å². The molecule has 0 N–H and O–H groups in total. The minimum atomic E-state index is -0.333. The highest BCUT2D eigenvalue weighted by Crippen LogP contribution is 2.21. The zero-order valence-electron chi connectivity index (χ0n) is 10.4. The fourth-order valence-corrected chi connectivity index (χ4v) is 2.41. The zero-order valence-corrected chi connectivity index (χ0v) is 11.1. The molecule has 3 rings (SSSR count). The number of aromatic nitrogens is 2. The van der Waals surface area contributed by atoms with Crippen LogP contribution in [0.15, 0.2) is 42.7 Å². The summed E-state index contributed by atoms with van der Waals surface area (Å²) in [6.07, 6.45) is 4.08. The average Bonchev–Trinajstić information content (AvgIpc) is 2.81. The number of hydrogen-bond donors (Lipinski definition) is 0. The van der Waals surface area contributed by atoms with Crippen LogP contribution in [-0.4, -0.2) is 15.8 Å². The Bertz CT molecular complexity index is 798. The second kappa shape index (κ2) is 5.06. The number of halogens is 2. The van der Waals surface area contributed by atoms with E-state index in [9.17, 15) is 9.18 Å². The number of carbonyl (C=O) groups excluding carboxylic acids is 1. The number of fused-ring (bicyclic) bond motifs is 1. The molecule has 5 heteroatoms. The van der Waals surface area contributed by atoms with Crippen molar-refractivity contribution in [2.24, 2.45) is 0 Å². The first-order valence-corrected chi connectivity index (χ1v) is 6.40. The molecule has 0 fully saturated rings. The van der Waals surface area contributed by atoms with E-state index >= 15 is 0 Å². The number of hydrogen-bond acceptors (Lipinski definition) is 2. The molecule has 20 heavy (non-hydrogen) atoms. The Morgan fingerprint density at radius 3 is 3.00 bits per heavy atom. The van der Waals surface area contributed by atoms with E-state index in [-0.39, 0.29) is 12.4 Å². The van der Waals surface area contributed by atoms with Gasteiger partial charge in [0.05, 0.1) is 6.54 Å². The van der Waals surface area contributed by atoms with E-state index < -0.39 is 0 Å². The molecule has 2 heterocycles. The Morgan fingerprint density at radius 2 is 2.20 bits per heavy atom. The minimum absolute atomic E-state index is 0.272. The first kappa shape index (κ1) is 12.8. The molecule has 0 aliphatic carbocycles. The fourth-order valence-electron chi connectivity index (χ4n) is 2.21. The van der Waals surface area contributed by atoms with E-state index in [1.54, 1.807) is 29.1 Å². The molecular formula is C15H10ClFN2O. The summed E-state index contributed by atoms with van der Waals surface area (Å²) in [7, 11) is 0. The topological polar surface area (TPSA) is 34.9 Å². The van der Waals surface area contributed by atoms with Gasteiger partial charge in [0, 0.05) is 33.9 Å². The van der Waals surface area contributed by atoms with E-state index in [0.717, 1.165) is 11.7 Å². The number of carbonyl (C=O) groups is 1. The summed E-state index contributed by atoms with van der Waals surface area (Å²) in [5, 5.41) is 1.23. The quantitative estimate of drug-likeness (QED) is 0.689. The summed E-state index contributed by atoms with van der Waals surface area (Å²) in [5.74, 6) is -0.333. The third-order valence-corrected chi connectivity index (χ3v) is 3.38. The largest absolute Gasteiger partial charge is 0.327 e. The van der Waals surface area contributed by atoms with Gasteiger partial charge in [0.15, 0.2) is 6.29 Å². The fraction of sp³-hybridized carbons (Fsp3) is 0.0667. The highest BCUT2D eigenvalue weighted by atomic mass is 35.5. The lowest BCUT2D eigenvalue weighted by atomic mass is 10.2. The summed E-state index contributed by atoms with van der Waals surface area (Å²) in [4.78, 5) is 15.3. The number of benzene rings is 1. The van der Waals surface area contributed by atoms with Gasteiger partial charge in [-0.05, 0) is 30.3 Å². The van der Waals surface area contributed by atoms with E-state index in [0.29, 0.717) is 21.8 Å². The van der Waals surface area contributed by atoms with Gasteiger partial charge in [-0.25, -0.2) is 9.37 Å². The summed E-state index contributed by atoms with van der Waals surface area (Å²) >= 11 is 5.89. The molecule has 3 aromatic rings. The molecule has 0 atom stereocenters. The van der Waals surface area contributed by atoms with Gasteiger partial charge in [-0.15, -0.1) is 0 Å². The van der Waals surface area contributed by atoms with Gasteiger partial charge in [-0.1, -0.05) is 11.6 Å². The van der Waals surface area contributed by atoms with Crippen LogP contribution < -0.4 is 0 Å². The van der Waals surface area contributed by atoms with Crippen LogP contribution in [0.25, 0.3) is 11.0 Å². The van der Waals surface area contributed by atoms with Crippen molar-refractivity contribution in [1.82, 2.24) is 9.55 Å². The monoisotopic (exact) mass is 288 g/mol. The molecule has 0 unspecified atom stereocenters. The lowest BCUT2D eigenvalue weighted by molar-refractivity contribution is 0.112. The normalized spacial score (nSPS) is 10.9. The van der Waals surface area contributed by atoms with Crippen LogP contribution in [0.4, 0.5) is 4.39 Å². The molecule has 0 amide bonds. The molecule has 100 valence electrons. The zero-order chi connectivity index (χ0) is 14.1. The maximum Gasteiger partial charge on any atom is 0.152 e. The highest BCUT2D eigenvalue weighted by Gasteiger charge is 2.11. The molecule has 0 bridgehead atoms. The smallest absolute Gasteiger partial charge is 0.152 e. The third-order valence-electron chi connectivity index (χ3n) is 3.14. The highest BCUT2D eigenvalue weighted by molar-refractivity contribution is 6.30. The lowest BCUT2D eigenvalue weighted by Crippen LogP contribution is -2.01. The van der Waals surface area contributed by atoms with Crippen molar-refractivity contribution in [2.45, 2.75) is 6.54 Å². The molecule has 1 aromatic carbocycles. The first-order valence-electron chi connectivity index (χ1n) is 6.02. The Kier molecular flexibility index (Phi) is 3.24. The molecular weight excluding hydrogens is 279 g/mol. The summed E-state index contributed by atoms with van der Waals surface area (Å²) in [5.41, 5.74) is 1.64. The standard InChI is InChI=1S/C15H10ClFN2O/c16-12-3-4-14(17)10(6-12)7-19-8-11(9-20)13-2-1-5-18-15(13)19/h1-6,8-9H,7H2. The van der Waals surface area contributed by atoms with Crippen molar-refractivity contribution in [3.63, 3.8) is 0 Å². The molecule has 0 spiro atoms. The SMILES string of the molecule is O=Cc1cn(Cc2cc(Cl)ccc2F)c2ncccc12. The van der Waals surface area contributed by atoms with Crippen molar-refractivity contribution in [3.05, 3.63) is 64.7 Å². The van der Waals surface area contributed by atoms with E-state index in [4.69, 9.17) is 11.6 Å². The van der Waals surface area contributed by atoms with Gasteiger partial charge in [-0.3, -0.25) is 4.79 Å². The minimum Gasteiger partial charge on any atom is -0.327 e. The lowest BCUT2D eigenvalue weighted by Gasteiger charge is -2.06. The van der Waals surface area contributed by atoms with Crippen LogP contribution in [0.5, 0.6) is 0 Å². The van der Waals surface area contributed by atoms with Crippen molar-refractivity contribution < 1.29 is 9.18 Å². The number of rotatable bonds is 3. The van der Waals surface area contributed by atoms with Crippen molar-refractivity contribution >= 4 is 28.9 Å². The van der Waals surface area contributed by atoms with Crippen LogP contribution >= 0.6 is 11.6 Å². The van der Waals surface area contributed by atoms with Crippen molar-refractivity contribution in [1.29, 1.82) is 0 Å². The van der Waals surface area contributed by atoms with Crippen LogP contribution in [0, 0.1) is 5.82 Å². The summed E-state index contributed by atoms with van der Waals surface area (Å²) < 4.78 is 15.5. The van der Waals surface area contributed by atoms with Crippen LogP contribution in [0.2, 0.25) is 5.02 Å². The molecule has 0 radical (unpaired) electrons. The van der Waals surface area contributed by atoms with Crippen LogP contribution in [-0.2, 0) is 6.54 Å². The molecule has 0 saturated carbocycles. The first-order chi connectivity index (χ1) is 9.69. The number of nitrogens with zero attached hydrogens (tertiary/aromatic N) is 2. The second-order valence-electron chi connectivity index (χ2n) is 4.44. The van der Waals surface area contributed by atoms with Gasteiger partial charge in [-0.2, -0.15) is 0 Å². The average molecular weight is 289 g/mol. The predicted octanol–water partition coefficient (Wildman–Crippen LogP) is 3.69. The Labute approximate surface area is 119 Å². The van der Waals surface area contributed by atoms with Gasteiger partial charge in [0.1, 0.15) is 11.5 Å². The molecule has 0 aliphatic heterocycles. The summed E-state index contributed by atoms with van der Waals surface area (Å²) in [6.45, 7) is 0.272. The van der Waals surface area contributed by atoms with Gasteiger partial charge >= 0.3 is 0 Å². The maximum atomic E-state index is 13.8. The van der Waals surface area contributed by atoms with E-state index in [1.807, 2.05) is 6.07 Å². The second-order valence-corrected chi connectivity index (χ2v) is 4.88. The molecule has 0 saturated heterocycles. The predicted molar refractivity (Wildman–Crippen MR) is 75.6 cm³/mol. The van der Waals surface area contributed by atoms with Crippen LogP contribution in [0.3, 0.4) is 0 Å². The number of aldehydes is 1. The maximum absolute atomic E-state index is 13.8. The van der Waals surface area contributed by atoms with Crippen molar-refractivity contribution in [3.8, 4) is 0 Å². The van der Waals surface area contributed by atoms with E-state index in [1.165, 1.54) is 12.1 Å². The number of pyridine rings is 1. The van der Waals surface area contributed by atoms with Gasteiger partial charge in [0.25, 0.3) is 0 Å². The van der Waals surface area contributed by atoms with Crippen molar-refractivity contribution in [2.75, 3.05) is 0 Å². The molecule has 2 aromatic heterocycles. The van der Waals surface area contributed by atoms with Crippen LogP contribution in [0.1, 0.15) is 15.9 Å². The molecule has 3 nitrogen and oxygen atoms in total.